The third kappa shape index (κ3) is 3.42. The van der Waals surface area contributed by atoms with Crippen molar-refractivity contribution in [2.75, 3.05) is 11.5 Å². The van der Waals surface area contributed by atoms with Crippen LogP contribution in [0, 0.1) is 5.41 Å². The Hall–Kier alpha value is -1.11. The van der Waals surface area contributed by atoms with Crippen LogP contribution in [0.15, 0.2) is 0 Å². The van der Waals surface area contributed by atoms with Crippen molar-refractivity contribution < 1.29 is 23.1 Å². The van der Waals surface area contributed by atoms with E-state index in [9.17, 15) is 18.0 Å². The molecule has 1 aliphatic heterocycles. The molecule has 0 aromatic carbocycles. The fraction of sp³-hybridized carbons (Fsp3) is 0.800. The van der Waals surface area contributed by atoms with Gasteiger partial charge in [0.2, 0.25) is 5.91 Å². The quantitative estimate of drug-likeness (QED) is 0.686. The van der Waals surface area contributed by atoms with Gasteiger partial charge in [0.25, 0.3) is 0 Å². The number of rotatable bonds is 3. The van der Waals surface area contributed by atoms with E-state index >= 15 is 0 Å². The molecule has 1 unspecified atom stereocenters. The van der Waals surface area contributed by atoms with Crippen LogP contribution in [0.25, 0.3) is 0 Å². The van der Waals surface area contributed by atoms with Crippen LogP contribution in [0.3, 0.4) is 0 Å². The first-order chi connectivity index (χ1) is 7.65. The van der Waals surface area contributed by atoms with Gasteiger partial charge in [0.05, 0.1) is 11.5 Å². The van der Waals surface area contributed by atoms with Crippen LogP contribution in [-0.4, -0.2) is 42.9 Å². The van der Waals surface area contributed by atoms with Gasteiger partial charge in [-0.1, -0.05) is 0 Å². The van der Waals surface area contributed by atoms with Gasteiger partial charge in [0.15, 0.2) is 9.84 Å². The molecule has 17 heavy (non-hydrogen) atoms. The monoisotopic (exact) mass is 263 g/mol. The lowest BCUT2D eigenvalue weighted by molar-refractivity contribution is -0.153. The summed E-state index contributed by atoms with van der Waals surface area (Å²) in [6.07, 6.45) is 1.07. The molecule has 0 aromatic heterocycles. The Labute approximate surface area is 100 Å². The molecule has 7 heteroatoms. The van der Waals surface area contributed by atoms with Crippen LogP contribution < -0.4 is 5.32 Å². The van der Waals surface area contributed by atoms with Gasteiger partial charge in [-0.15, -0.1) is 0 Å². The summed E-state index contributed by atoms with van der Waals surface area (Å²) in [4.78, 5) is 22.6. The van der Waals surface area contributed by atoms with Crippen LogP contribution in [-0.2, 0) is 19.4 Å². The average Bonchev–Trinajstić information content (AvgIpc) is 2.15. The minimum absolute atomic E-state index is 0.103. The van der Waals surface area contributed by atoms with Crippen molar-refractivity contribution in [2.45, 2.75) is 32.7 Å². The van der Waals surface area contributed by atoms with E-state index in [0.717, 1.165) is 0 Å². The Bertz CT molecular complexity index is 426. The van der Waals surface area contributed by atoms with Crippen molar-refractivity contribution in [3.63, 3.8) is 0 Å². The summed E-state index contributed by atoms with van der Waals surface area (Å²) in [6.45, 7) is 2.59. The number of sulfone groups is 1. The molecule has 0 aliphatic carbocycles. The van der Waals surface area contributed by atoms with Gasteiger partial charge in [-0.25, -0.2) is 8.42 Å². The van der Waals surface area contributed by atoms with Gasteiger partial charge in [-0.3, -0.25) is 9.59 Å². The fourth-order valence-electron chi connectivity index (χ4n) is 1.60. The summed E-state index contributed by atoms with van der Waals surface area (Å²) in [5.74, 6) is -1.84. The zero-order chi connectivity index (χ0) is 13.3. The van der Waals surface area contributed by atoms with Crippen LogP contribution in [0.4, 0.5) is 0 Å². The van der Waals surface area contributed by atoms with Gasteiger partial charge in [-0.05, 0) is 26.7 Å². The van der Waals surface area contributed by atoms with Crippen molar-refractivity contribution in [3.8, 4) is 0 Å². The molecule has 1 heterocycles. The van der Waals surface area contributed by atoms with E-state index in [1.54, 1.807) is 0 Å². The van der Waals surface area contributed by atoms with Gasteiger partial charge < -0.3 is 10.4 Å². The highest BCUT2D eigenvalue weighted by molar-refractivity contribution is 7.91. The van der Waals surface area contributed by atoms with Crippen molar-refractivity contribution >= 4 is 21.7 Å². The number of aliphatic carboxylic acids is 1. The maximum absolute atomic E-state index is 11.7. The molecule has 1 rings (SSSR count). The molecule has 0 aromatic rings. The van der Waals surface area contributed by atoms with E-state index in [2.05, 4.69) is 5.32 Å². The van der Waals surface area contributed by atoms with Crippen LogP contribution >= 0.6 is 0 Å². The van der Waals surface area contributed by atoms with Gasteiger partial charge in [0, 0.05) is 6.04 Å². The smallest absolute Gasteiger partial charge is 0.318 e. The topological polar surface area (TPSA) is 101 Å². The minimum Gasteiger partial charge on any atom is -0.480 e. The molecule has 6 nitrogen and oxygen atoms in total. The van der Waals surface area contributed by atoms with Crippen molar-refractivity contribution in [1.82, 2.24) is 5.32 Å². The predicted octanol–water partition coefficient (Wildman–Crippen LogP) is -0.209. The molecular formula is C10H17NO5S. The lowest BCUT2D eigenvalue weighted by Crippen LogP contribution is -2.50. The first kappa shape index (κ1) is 14.0. The first-order valence-corrected chi connectivity index (χ1v) is 7.22. The summed E-state index contributed by atoms with van der Waals surface area (Å²) in [5.41, 5.74) is -1.54. The second-order valence-corrected chi connectivity index (χ2v) is 7.09. The number of nitrogens with one attached hydrogen (secondary N) is 1. The number of hydrogen-bond donors (Lipinski definition) is 2. The Balaban J connectivity index is 2.67. The maximum atomic E-state index is 11.7. The Morgan fingerprint density at radius 3 is 2.41 bits per heavy atom. The molecule has 1 aliphatic rings. The first-order valence-electron chi connectivity index (χ1n) is 5.40. The normalized spacial score (nSPS) is 24.0. The van der Waals surface area contributed by atoms with Crippen molar-refractivity contribution in [2.24, 2.45) is 5.41 Å². The number of carbonyl (C=O) groups excluding carboxylic acids is 1. The predicted molar refractivity (Wildman–Crippen MR) is 61.2 cm³/mol. The third-order valence-electron chi connectivity index (χ3n) is 2.90. The van der Waals surface area contributed by atoms with E-state index in [1.165, 1.54) is 13.8 Å². The zero-order valence-electron chi connectivity index (χ0n) is 9.89. The highest BCUT2D eigenvalue weighted by Crippen LogP contribution is 2.18. The highest BCUT2D eigenvalue weighted by Gasteiger charge is 2.38. The summed E-state index contributed by atoms with van der Waals surface area (Å²) >= 11 is 0. The number of amides is 1. The maximum Gasteiger partial charge on any atom is 0.318 e. The lowest BCUT2D eigenvalue weighted by Gasteiger charge is -2.26. The Kier molecular flexibility index (Phi) is 3.81. The molecule has 1 saturated heterocycles. The van der Waals surface area contributed by atoms with E-state index in [0.29, 0.717) is 12.8 Å². The van der Waals surface area contributed by atoms with E-state index in [-0.39, 0.29) is 11.5 Å². The third-order valence-corrected chi connectivity index (χ3v) is 4.72. The molecular weight excluding hydrogens is 246 g/mol. The summed E-state index contributed by atoms with van der Waals surface area (Å²) in [5, 5.41) is 11.4. The standard InChI is InChI=1S/C10H17NO5S/c1-10(2,9(13)14)8(12)11-7-4-3-5-17(15,16)6-7/h7H,3-6H2,1-2H3,(H,11,12)(H,13,14). The van der Waals surface area contributed by atoms with E-state index in [4.69, 9.17) is 5.11 Å². The van der Waals surface area contributed by atoms with Gasteiger partial charge >= 0.3 is 5.97 Å². The number of hydrogen-bond acceptors (Lipinski definition) is 4. The van der Waals surface area contributed by atoms with Crippen LogP contribution in [0.2, 0.25) is 0 Å². The molecule has 1 atom stereocenters. The average molecular weight is 263 g/mol. The second kappa shape index (κ2) is 4.64. The van der Waals surface area contributed by atoms with Crippen molar-refractivity contribution in [3.05, 3.63) is 0 Å². The Morgan fingerprint density at radius 1 is 1.35 bits per heavy atom. The van der Waals surface area contributed by atoms with Crippen LogP contribution in [0.1, 0.15) is 26.7 Å². The zero-order valence-corrected chi connectivity index (χ0v) is 10.7. The summed E-state index contributed by atoms with van der Waals surface area (Å²) < 4.78 is 22.7. The summed E-state index contributed by atoms with van der Waals surface area (Å²) in [7, 11) is -3.11. The molecule has 0 radical (unpaired) electrons. The minimum atomic E-state index is -3.11. The number of carboxylic acids is 1. The highest BCUT2D eigenvalue weighted by atomic mass is 32.2. The summed E-state index contributed by atoms with van der Waals surface area (Å²) in [6, 6.07) is -0.472. The van der Waals surface area contributed by atoms with Crippen LogP contribution in [0.5, 0.6) is 0 Å². The SMILES string of the molecule is CC(C)(C(=O)O)C(=O)NC1CCCS(=O)(=O)C1. The van der Waals surface area contributed by atoms with E-state index < -0.39 is 33.2 Å². The van der Waals surface area contributed by atoms with Gasteiger partial charge in [-0.2, -0.15) is 0 Å². The molecule has 0 saturated carbocycles. The van der Waals surface area contributed by atoms with E-state index in [1.807, 2.05) is 0 Å². The number of carbonyl (C=O) groups is 2. The van der Waals surface area contributed by atoms with Gasteiger partial charge in [0.1, 0.15) is 5.41 Å². The lowest BCUT2D eigenvalue weighted by atomic mass is 9.92. The molecule has 98 valence electrons. The molecule has 1 amide bonds. The molecule has 2 N–H and O–H groups in total. The molecule has 0 bridgehead atoms. The number of carboxylic acid groups (broad SMARTS) is 1. The molecule has 0 spiro atoms. The Morgan fingerprint density at radius 2 is 1.94 bits per heavy atom. The second-order valence-electron chi connectivity index (χ2n) is 4.86. The largest absolute Gasteiger partial charge is 0.480 e. The molecule has 1 fully saturated rings. The fourth-order valence-corrected chi connectivity index (χ4v) is 3.24. The van der Waals surface area contributed by atoms with Crippen molar-refractivity contribution in [1.29, 1.82) is 0 Å².